The first-order valence-corrected chi connectivity index (χ1v) is 6.22. The molecule has 0 aromatic heterocycles. The summed E-state index contributed by atoms with van der Waals surface area (Å²) in [5.41, 5.74) is 7.33. The summed E-state index contributed by atoms with van der Waals surface area (Å²) in [6.07, 6.45) is 0. The highest BCUT2D eigenvalue weighted by atomic mass is 35.5. The number of halogens is 1. The molecule has 0 spiro atoms. The van der Waals surface area contributed by atoms with E-state index in [1.807, 2.05) is 12.1 Å². The lowest BCUT2D eigenvalue weighted by atomic mass is 10.2. The molecule has 0 aliphatic heterocycles. The van der Waals surface area contributed by atoms with E-state index < -0.39 is 0 Å². The van der Waals surface area contributed by atoms with Gasteiger partial charge in [-0.25, -0.2) is 0 Å². The number of nitrogens with zero attached hydrogens (tertiary/aromatic N) is 1. The lowest BCUT2D eigenvalue weighted by Gasteiger charge is -2.24. The smallest absolute Gasteiger partial charge is 0.104 e. The quantitative estimate of drug-likeness (QED) is 0.808. The Hall–Kier alpha value is -0.840. The molecule has 0 heterocycles. The molecule has 3 nitrogen and oxygen atoms in total. The van der Waals surface area contributed by atoms with Crippen LogP contribution in [0.1, 0.15) is 12.5 Å². The van der Waals surface area contributed by atoms with E-state index in [2.05, 4.69) is 11.8 Å². The van der Waals surface area contributed by atoms with Gasteiger partial charge in [0.1, 0.15) is 4.99 Å². The van der Waals surface area contributed by atoms with Crippen LogP contribution in [-0.2, 0) is 4.74 Å². The number of anilines is 1. The number of ether oxygens (including phenoxy) is 1. The zero-order valence-electron chi connectivity index (χ0n) is 10.1. The van der Waals surface area contributed by atoms with Gasteiger partial charge in [-0.05, 0) is 25.1 Å². The average Bonchev–Trinajstić information content (AvgIpc) is 2.31. The van der Waals surface area contributed by atoms with Crippen LogP contribution in [0.3, 0.4) is 0 Å². The molecule has 2 N–H and O–H groups in total. The zero-order chi connectivity index (χ0) is 12.8. The van der Waals surface area contributed by atoms with Gasteiger partial charge in [-0.1, -0.05) is 23.8 Å². The van der Waals surface area contributed by atoms with Gasteiger partial charge < -0.3 is 15.4 Å². The fourth-order valence-electron chi connectivity index (χ4n) is 1.57. The van der Waals surface area contributed by atoms with Gasteiger partial charge in [0.15, 0.2) is 0 Å². The minimum Gasteiger partial charge on any atom is -0.389 e. The van der Waals surface area contributed by atoms with Crippen LogP contribution < -0.4 is 10.6 Å². The Morgan fingerprint density at radius 1 is 1.53 bits per heavy atom. The van der Waals surface area contributed by atoms with E-state index in [1.165, 1.54) is 0 Å². The van der Waals surface area contributed by atoms with Crippen molar-refractivity contribution in [1.29, 1.82) is 0 Å². The number of rotatable bonds is 6. The highest BCUT2D eigenvalue weighted by molar-refractivity contribution is 7.80. The van der Waals surface area contributed by atoms with Gasteiger partial charge in [-0.2, -0.15) is 0 Å². The number of benzene rings is 1. The van der Waals surface area contributed by atoms with Crippen molar-refractivity contribution in [3.05, 3.63) is 28.8 Å². The summed E-state index contributed by atoms with van der Waals surface area (Å²) in [6, 6.07) is 5.63. The van der Waals surface area contributed by atoms with E-state index in [9.17, 15) is 0 Å². The second-order valence-electron chi connectivity index (χ2n) is 3.60. The maximum atomic E-state index is 6.23. The van der Waals surface area contributed by atoms with Crippen molar-refractivity contribution in [3.63, 3.8) is 0 Å². The predicted molar refractivity (Wildman–Crippen MR) is 77.1 cm³/mol. The third-order valence-corrected chi connectivity index (χ3v) is 3.06. The molecule has 0 unspecified atom stereocenters. The molecule has 17 heavy (non-hydrogen) atoms. The second kappa shape index (κ2) is 6.79. The normalized spacial score (nSPS) is 10.3. The van der Waals surface area contributed by atoms with E-state index in [4.69, 9.17) is 34.3 Å². The molecular formula is C12H17ClN2OS. The Labute approximate surface area is 112 Å². The van der Waals surface area contributed by atoms with Gasteiger partial charge in [0.25, 0.3) is 0 Å². The minimum atomic E-state index is 0.360. The average molecular weight is 273 g/mol. The van der Waals surface area contributed by atoms with Crippen LogP contribution in [0.15, 0.2) is 18.2 Å². The van der Waals surface area contributed by atoms with Crippen molar-refractivity contribution in [3.8, 4) is 0 Å². The summed E-state index contributed by atoms with van der Waals surface area (Å²) in [5, 5.41) is 0.660. The molecule has 94 valence electrons. The molecule has 0 radical (unpaired) electrons. The summed E-state index contributed by atoms with van der Waals surface area (Å²) in [7, 11) is 1.69. The van der Waals surface area contributed by atoms with Crippen LogP contribution in [0.5, 0.6) is 0 Å². The molecule has 1 rings (SSSR count). The fraction of sp³-hybridized carbons (Fsp3) is 0.417. The van der Waals surface area contributed by atoms with Crippen molar-refractivity contribution in [2.45, 2.75) is 6.92 Å². The molecule has 0 saturated heterocycles. The number of nitrogens with two attached hydrogens (primary N) is 1. The predicted octanol–water partition coefficient (Wildman–Crippen LogP) is 2.45. The number of methoxy groups -OCH3 is 1. The summed E-state index contributed by atoms with van der Waals surface area (Å²) >= 11 is 11.1. The highest BCUT2D eigenvalue weighted by Gasteiger charge is 2.09. The van der Waals surface area contributed by atoms with E-state index in [0.717, 1.165) is 24.3 Å². The van der Waals surface area contributed by atoms with Crippen LogP contribution in [0.25, 0.3) is 0 Å². The maximum absolute atomic E-state index is 6.23. The van der Waals surface area contributed by atoms with Crippen LogP contribution in [0.4, 0.5) is 5.69 Å². The Balaban J connectivity index is 2.92. The van der Waals surface area contributed by atoms with E-state index in [0.29, 0.717) is 16.6 Å². The molecule has 0 bridgehead atoms. The largest absolute Gasteiger partial charge is 0.389 e. The monoisotopic (exact) mass is 272 g/mol. The Bertz CT molecular complexity index is 398. The van der Waals surface area contributed by atoms with E-state index >= 15 is 0 Å². The van der Waals surface area contributed by atoms with Crippen molar-refractivity contribution >= 4 is 34.5 Å². The molecule has 0 saturated carbocycles. The Morgan fingerprint density at radius 2 is 2.24 bits per heavy atom. The van der Waals surface area contributed by atoms with E-state index in [1.54, 1.807) is 13.2 Å². The number of likely N-dealkylation sites (N-methyl/N-ethyl adjacent to an activating group) is 1. The van der Waals surface area contributed by atoms with Gasteiger partial charge in [0.05, 0.1) is 17.3 Å². The van der Waals surface area contributed by atoms with Crippen LogP contribution in [-0.4, -0.2) is 31.8 Å². The zero-order valence-corrected chi connectivity index (χ0v) is 11.6. The van der Waals surface area contributed by atoms with Crippen LogP contribution >= 0.6 is 23.8 Å². The summed E-state index contributed by atoms with van der Waals surface area (Å²) in [5.74, 6) is 0. The molecule has 5 heteroatoms. The summed E-state index contributed by atoms with van der Waals surface area (Å²) in [6.45, 7) is 4.42. The van der Waals surface area contributed by atoms with Crippen molar-refractivity contribution < 1.29 is 4.74 Å². The van der Waals surface area contributed by atoms with E-state index in [-0.39, 0.29) is 0 Å². The minimum absolute atomic E-state index is 0.360. The maximum Gasteiger partial charge on any atom is 0.104 e. The molecule has 1 aromatic rings. The molecule has 0 atom stereocenters. The Kier molecular flexibility index (Phi) is 5.68. The van der Waals surface area contributed by atoms with Crippen molar-refractivity contribution in [1.82, 2.24) is 0 Å². The number of hydrogen-bond donors (Lipinski definition) is 1. The third kappa shape index (κ3) is 3.84. The van der Waals surface area contributed by atoms with Gasteiger partial charge in [-0.15, -0.1) is 0 Å². The van der Waals surface area contributed by atoms with Gasteiger partial charge in [0.2, 0.25) is 0 Å². The lowest BCUT2D eigenvalue weighted by Crippen LogP contribution is -2.27. The van der Waals surface area contributed by atoms with Crippen molar-refractivity contribution in [2.75, 3.05) is 31.7 Å². The summed E-state index contributed by atoms with van der Waals surface area (Å²) < 4.78 is 5.07. The first-order valence-electron chi connectivity index (χ1n) is 5.43. The number of hydrogen-bond acceptors (Lipinski definition) is 3. The lowest BCUT2D eigenvalue weighted by molar-refractivity contribution is 0.205. The molecule has 0 aliphatic carbocycles. The molecule has 0 amide bonds. The van der Waals surface area contributed by atoms with Crippen LogP contribution in [0.2, 0.25) is 5.02 Å². The Morgan fingerprint density at radius 3 is 2.71 bits per heavy atom. The highest BCUT2D eigenvalue weighted by Crippen LogP contribution is 2.26. The van der Waals surface area contributed by atoms with Gasteiger partial charge >= 0.3 is 0 Å². The molecular weight excluding hydrogens is 256 g/mol. The third-order valence-electron chi connectivity index (χ3n) is 2.52. The molecule has 1 aromatic carbocycles. The van der Waals surface area contributed by atoms with Gasteiger partial charge in [-0.3, -0.25) is 0 Å². The first-order chi connectivity index (χ1) is 8.10. The fourth-order valence-corrected chi connectivity index (χ4v) is 1.99. The SMILES string of the molecule is CCN(CCOC)c1ccc(C(N)=S)cc1Cl. The van der Waals surface area contributed by atoms with Gasteiger partial charge in [0, 0.05) is 25.8 Å². The number of thiocarbonyl (C=S) groups is 1. The first kappa shape index (κ1) is 14.2. The van der Waals surface area contributed by atoms with Crippen molar-refractivity contribution in [2.24, 2.45) is 5.73 Å². The molecule has 0 aliphatic rings. The topological polar surface area (TPSA) is 38.5 Å². The van der Waals surface area contributed by atoms with Crippen LogP contribution in [0, 0.1) is 0 Å². The summed E-state index contributed by atoms with van der Waals surface area (Å²) in [4.78, 5) is 2.51. The molecule has 0 fully saturated rings. The standard InChI is InChI=1S/C12H17ClN2OS/c1-3-15(6-7-16-2)11-5-4-9(12(14)17)8-10(11)13/h4-5,8H,3,6-7H2,1-2H3,(H2,14,17). The second-order valence-corrected chi connectivity index (χ2v) is 4.45.